The van der Waals surface area contributed by atoms with Crippen LogP contribution in [0, 0.1) is 11.6 Å². The van der Waals surface area contributed by atoms with E-state index < -0.39 is 29.2 Å². The molecule has 1 aliphatic heterocycles. The topological polar surface area (TPSA) is 69.9 Å². The van der Waals surface area contributed by atoms with Crippen molar-refractivity contribution in [2.75, 3.05) is 6.61 Å². The molecule has 4 aromatic carbocycles. The summed E-state index contributed by atoms with van der Waals surface area (Å²) in [5, 5.41) is 0.410. The summed E-state index contributed by atoms with van der Waals surface area (Å²) in [5.41, 5.74) is 2.11. The number of carbonyl (C=O) groups excluding carboxylic acids is 1. The van der Waals surface area contributed by atoms with Crippen molar-refractivity contribution in [3.8, 4) is 5.75 Å². The number of rotatable bonds is 8. The van der Waals surface area contributed by atoms with E-state index in [0.29, 0.717) is 43.5 Å². The summed E-state index contributed by atoms with van der Waals surface area (Å²) in [4.78, 5) is 32.9. The summed E-state index contributed by atoms with van der Waals surface area (Å²) in [5.74, 6) is -1.10. The van der Waals surface area contributed by atoms with Crippen LogP contribution in [0.3, 0.4) is 0 Å². The Morgan fingerprint density at radius 2 is 1.73 bits per heavy atom. The normalized spacial score (nSPS) is 14.6. The molecule has 0 aliphatic carbocycles. The highest BCUT2D eigenvalue weighted by atomic mass is 35.5. The van der Waals surface area contributed by atoms with Crippen molar-refractivity contribution in [2.45, 2.75) is 19.6 Å². The van der Waals surface area contributed by atoms with Crippen LogP contribution in [0.2, 0.25) is 5.02 Å². The van der Waals surface area contributed by atoms with Gasteiger partial charge in [-0.2, -0.15) is 0 Å². The Kier molecular flexibility index (Phi) is 8.73. The average molecular weight is 643 g/mol. The van der Waals surface area contributed by atoms with Crippen LogP contribution in [0.15, 0.2) is 112 Å². The maximum atomic E-state index is 14.3. The van der Waals surface area contributed by atoms with Gasteiger partial charge in [0.2, 0.25) is 0 Å². The van der Waals surface area contributed by atoms with Crippen molar-refractivity contribution in [2.24, 2.45) is 4.99 Å². The van der Waals surface area contributed by atoms with E-state index in [1.54, 1.807) is 49.4 Å². The number of benzene rings is 4. The zero-order valence-electron chi connectivity index (χ0n) is 23.9. The molecule has 1 aromatic heterocycles. The highest BCUT2D eigenvalue weighted by Crippen LogP contribution is 2.35. The van der Waals surface area contributed by atoms with Crippen LogP contribution < -0.4 is 19.6 Å². The zero-order chi connectivity index (χ0) is 31.5. The third-order valence-electron chi connectivity index (χ3n) is 7.16. The number of nitrogens with zero attached hydrogens (tertiary/aromatic N) is 2. The lowest BCUT2D eigenvalue weighted by Gasteiger charge is -2.25. The van der Waals surface area contributed by atoms with Crippen LogP contribution in [-0.2, 0) is 16.1 Å². The van der Waals surface area contributed by atoms with E-state index in [-0.39, 0.29) is 23.3 Å². The van der Waals surface area contributed by atoms with Gasteiger partial charge in [0.1, 0.15) is 24.0 Å². The van der Waals surface area contributed by atoms with Crippen molar-refractivity contribution >= 4 is 40.7 Å². The quantitative estimate of drug-likeness (QED) is 0.183. The van der Waals surface area contributed by atoms with Gasteiger partial charge in [-0.05, 0) is 55.0 Å². The highest BCUT2D eigenvalue weighted by Gasteiger charge is 2.35. The van der Waals surface area contributed by atoms with E-state index in [4.69, 9.17) is 26.1 Å². The molecule has 0 N–H and O–H groups in total. The Balaban J connectivity index is 1.54. The Hall–Kier alpha value is -4.86. The van der Waals surface area contributed by atoms with E-state index >= 15 is 0 Å². The van der Waals surface area contributed by atoms with Gasteiger partial charge < -0.3 is 9.47 Å². The monoisotopic (exact) mass is 642 g/mol. The lowest BCUT2D eigenvalue weighted by atomic mass is 9.93. The second-order valence-corrected chi connectivity index (χ2v) is 11.5. The molecular weight excluding hydrogens is 618 g/mol. The third-order valence-corrected chi connectivity index (χ3v) is 8.38. The van der Waals surface area contributed by atoms with E-state index in [0.717, 1.165) is 11.3 Å². The second-order valence-electron chi connectivity index (χ2n) is 10.0. The molecule has 0 bridgehead atoms. The number of fused-ring (bicyclic) bond motifs is 1. The number of halogens is 3. The Morgan fingerprint density at radius 3 is 2.47 bits per heavy atom. The van der Waals surface area contributed by atoms with Gasteiger partial charge >= 0.3 is 5.97 Å². The molecule has 0 saturated heterocycles. The fourth-order valence-corrected chi connectivity index (χ4v) is 6.25. The number of ether oxygens (including phenoxy) is 2. The Morgan fingerprint density at radius 1 is 1.00 bits per heavy atom. The van der Waals surface area contributed by atoms with Gasteiger partial charge in [0.25, 0.3) is 5.56 Å². The van der Waals surface area contributed by atoms with Gasteiger partial charge in [0.15, 0.2) is 4.80 Å². The first-order chi connectivity index (χ1) is 21.8. The van der Waals surface area contributed by atoms with Gasteiger partial charge in [-0.3, -0.25) is 9.36 Å². The van der Waals surface area contributed by atoms with Crippen LogP contribution in [0.1, 0.15) is 35.2 Å². The minimum Gasteiger partial charge on any atom is -0.488 e. The van der Waals surface area contributed by atoms with Crippen molar-refractivity contribution in [1.82, 2.24) is 4.57 Å². The molecule has 1 aliphatic rings. The van der Waals surface area contributed by atoms with Crippen molar-refractivity contribution in [3.05, 3.63) is 161 Å². The third kappa shape index (κ3) is 6.22. The molecule has 0 unspecified atom stereocenters. The average Bonchev–Trinajstić information content (AvgIpc) is 3.35. The van der Waals surface area contributed by atoms with Crippen molar-refractivity contribution in [3.63, 3.8) is 0 Å². The summed E-state index contributed by atoms with van der Waals surface area (Å²) < 4.78 is 41.4. The van der Waals surface area contributed by atoms with Crippen molar-refractivity contribution < 1.29 is 23.0 Å². The van der Waals surface area contributed by atoms with Crippen LogP contribution in [0.25, 0.3) is 11.8 Å². The largest absolute Gasteiger partial charge is 0.488 e. The van der Waals surface area contributed by atoms with Crippen LogP contribution in [0.4, 0.5) is 8.78 Å². The predicted molar refractivity (Wildman–Crippen MR) is 170 cm³/mol. The number of aromatic nitrogens is 1. The van der Waals surface area contributed by atoms with Gasteiger partial charge in [-0.1, -0.05) is 83.6 Å². The standard InChI is InChI=1S/C35H25ClF2N2O4S/c1-2-43-34(42)30-31(21-8-4-3-5-9-21)39-35-40(32(30)22-12-15-26(37)16-13-22)33(41)29(45-35)19-24-18-25(36)14-17-28(24)44-20-23-10-6-7-11-27(23)38/h3-19,32H,2,20H2,1H3/b29-19-/t32-/m1/s1. The maximum Gasteiger partial charge on any atom is 0.338 e. The zero-order valence-corrected chi connectivity index (χ0v) is 25.4. The first kappa shape index (κ1) is 30.2. The van der Waals surface area contributed by atoms with E-state index in [1.165, 1.54) is 34.9 Å². The molecule has 0 spiro atoms. The number of esters is 1. The first-order valence-electron chi connectivity index (χ1n) is 14.0. The van der Waals surface area contributed by atoms with Crippen LogP contribution >= 0.6 is 22.9 Å². The minimum atomic E-state index is -0.950. The van der Waals surface area contributed by atoms with Gasteiger partial charge in [0.05, 0.1) is 28.5 Å². The fourth-order valence-electron chi connectivity index (χ4n) is 5.08. The summed E-state index contributed by atoms with van der Waals surface area (Å²) in [6.45, 7) is 1.76. The van der Waals surface area contributed by atoms with Gasteiger partial charge in [0, 0.05) is 21.7 Å². The molecule has 6 nitrogen and oxygen atoms in total. The second kappa shape index (κ2) is 13.0. The lowest BCUT2D eigenvalue weighted by Crippen LogP contribution is -2.40. The summed E-state index contributed by atoms with van der Waals surface area (Å²) in [7, 11) is 0. The van der Waals surface area contributed by atoms with Crippen molar-refractivity contribution in [1.29, 1.82) is 0 Å². The molecule has 2 heterocycles. The van der Waals surface area contributed by atoms with Gasteiger partial charge in [-0.15, -0.1) is 0 Å². The highest BCUT2D eigenvalue weighted by molar-refractivity contribution is 7.07. The first-order valence-corrected chi connectivity index (χ1v) is 15.2. The molecule has 10 heteroatoms. The molecule has 0 fully saturated rings. The molecule has 1 atom stereocenters. The smallest absolute Gasteiger partial charge is 0.338 e. The maximum absolute atomic E-state index is 14.3. The minimum absolute atomic E-state index is 0.0374. The van der Waals surface area contributed by atoms with Crippen LogP contribution in [0.5, 0.6) is 5.75 Å². The summed E-state index contributed by atoms with van der Waals surface area (Å²) >= 11 is 7.45. The number of hydrogen-bond acceptors (Lipinski definition) is 6. The molecule has 226 valence electrons. The number of carbonyl (C=O) groups is 1. The lowest BCUT2D eigenvalue weighted by molar-refractivity contribution is -0.138. The van der Waals surface area contributed by atoms with E-state index in [9.17, 15) is 18.4 Å². The summed E-state index contributed by atoms with van der Waals surface area (Å²) in [6.07, 6.45) is 1.63. The number of hydrogen-bond donors (Lipinski definition) is 0. The molecule has 45 heavy (non-hydrogen) atoms. The van der Waals surface area contributed by atoms with E-state index in [1.807, 2.05) is 30.3 Å². The molecule has 5 aromatic rings. The molecule has 0 radical (unpaired) electrons. The molecule has 0 saturated carbocycles. The Labute approximate surface area is 265 Å². The molecule has 6 rings (SSSR count). The summed E-state index contributed by atoms with van der Waals surface area (Å²) in [6, 6.07) is 25.1. The fraction of sp³-hybridized carbons (Fsp3) is 0.114. The SMILES string of the molecule is CCOC(=O)C1=C(c2ccccc2)N=c2s/c(=C\c3cc(Cl)ccc3OCc3ccccc3F)c(=O)n2[C@@H]1c1ccc(F)cc1. The predicted octanol–water partition coefficient (Wildman–Crippen LogP) is 6.45. The van der Waals surface area contributed by atoms with Gasteiger partial charge in [-0.25, -0.2) is 18.6 Å². The van der Waals surface area contributed by atoms with Crippen LogP contribution in [-0.4, -0.2) is 17.1 Å². The molecular formula is C35H25ClF2N2O4S. The van der Waals surface area contributed by atoms with E-state index in [2.05, 4.69) is 0 Å². The number of thiazole rings is 1. The molecule has 0 amide bonds. The Bertz CT molecular complexity index is 2110.